The average molecular weight is 308 g/mol. The largest absolute Gasteiger partial charge is 0.319 e. The summed E-state index contributed by atoms with van der Waals surface area (Å²) in [5, 5.41) is 1.22. The van der Waals surface area contributed by atoms with Crippen LogP contribution in [0, 0.1) is 5.92 Å². The summed E-state index contributed by atoms with van der Waals surface area (Å²) < 4.78 is 0. The zero-order chi connectivity index (χ0) is 14.9. The van der Waals surface area contributed by atoms with Crippen LogP contribution in [-0.2, 0) is 18.5 Å². The molecule has 0 amide bonds. The second-order valence-electron chi connectivity index (χ2n) is 7.34. The molecule has 118 valence electrons. The molecule has 0 atom stereocenters. The first-order chi connectivity index (χ1) is 10.1. The van der Waals surface area contributed by atoms with Crippen molar-refractivity contribution in [1.29, 1.82) is 0 Å². The highest BCUT2D eigenvalue weighted by Gasteiger charge is 2.33. The van der Waals surface area contributed by atoms with Crippen LogP contribution in [0.1, 0.15) is 68.0 Å². The summed E-state index contributed by atoms with van der Waals surface area (Å²) in [7, 11) is 0. The first-order valence-electron chi connectivity index (χ1n) is 8.57. The van der Waals surface area contributed by atoms with Crippen molar-refractivity contribution >= 4 is 11.3 Å². The summed E-state index contributed by atoms with van der Waals surface area (Å²) in [6, 6.07) is 0. The third-order valence-electron chi connectivity index (χ3n) is 4.86. The van der Waals surface area contributed by atoms with Gasteiger partial charge in [-0.1, -0.05) is 39.5 Å². The number of hydrogen-bond donors (Lipinski definition) is 1. The zero-order valence-corrected chi connectivity index (χ0v) is 14.3. The van der Waals surface area contributed by atoms with E-state index in [1.165, 1.54) is 47.8 Å². The highest BCUT2D eigenvalue weighted by molar-refractivity contribution is 7.11. The fraction of sp³-hybridized carbons (Fsp3) is 0.824. The molecule has 3 nitrogen and oxygen atoms in total. The van der Waals surface area contributed by atoms with Crippen molar-refractivity contribution in [1.82, 2.24) is 9.88 Å². The van der Waals surface area contributed by atoms with Crippen LogP contribution < -0.4 is 5.73 Å². The number of nitrogens with zero attached hydrogens (tertiary/aromatic N) is 2. The van der Waals surface area contributed by atoms with Gasteiger partial charge in [-0.2, -0.15) is 0 Å². The summed E-state index contributed by atoms with van der Waals surface area (Å²) in [5.41, 5.74) is 7.94. The van der Waals surface area contributed by atoms with E-state index in [2.05, 4.69) is 18.7 Å². The lowest BCUT2D eigenvalue weighted by Crippen LogP contribution is -2.36. The molecule has 2 heterocycles. The van der Waals surface area contributed by atoms with Crippen molar-refractivity contribution in [2.75, 3.05) is 13.1 Å². The molecule has 2 aliphatic rings. The maximum Gasteiger partial charge on any atom is 0.113 e. The monoisotopic (exact) mass is 307 g/mol. The highest BCUT2D eigenvalue weighted by Crippen LogP contribution is 2.38. The number of thiazole rings is 1. The molecule has 1 fully saturated rings. The average Bonchev–Trinajstić information content (AvgIpc) is 2.73. The molecule has 1 aromatic rings. The standard InChI is InChI=1S/C17H29N3S/c1-13(2)11-20-10-7-14-15(12-20)21-16(19-14)17(18)8-5-3-4-6-9-17/h13H,3-12,18H2,1-2H3. The van der Waals surface area contributed by atoms with Crippen molar-refractivity contribution in [3.05, 3.63) is 15.6 Å². The van der Waals surface area contributed by atoms with Gasteiger partial charge < -0.3 is 5.73 Å². The summed E-state index contributed by atoms with van der Waals surface area (Å²) in [5.74, 6) is 0.738. The molecule has 0 unspecified atom stereocenters. The molecule has 0 radical (unpaired) electrons. The third kappa shape index (κ3) is 3.49. The van der Waals surface area contributed by atoms with Crippen LogP contribution in [0.4, 0.5) is 0 Å². The Hall–Kier alpha value is -0.450. The third-order valence-corrected chi connectivity index (χ3v) is 6.16. The molecule has 0 spiro atoms. The van der Waals surface area contributed by atoms with Gasteiger partial charge in [-0.05, 0) is 18.8 Å². The second kappa shape index (κ2) is 6.35. The van der Waals surface area contributed by atoms with Gasteiger partial charge in [0.25, 0.3) is 0 Å². The molecule has 1 aliphatic carbocycles. The summed E-state index contributed by atoms with van der Waals surface area (Å²) in [6.07, 6.45) is 8.55. The number of aromatic nitrogens is 1. The molecule has 0 saturated heterocycles. The molecule has 4 heteroatoms. The van der Waals surface area contributed by atoms with E-state index in [0.29, 0.717) is 0 Å². The minimum Gasteiger partial charge on any atom is -0.319 e. The van der Waals surface area contributed by atoms with Gasteiger partial charge in [0.1, 0.15) is 5.01 Å². The van der Waals surface area contributed by atoms with Gasteiger partial charge in [0.15, 0.2) is 0 Å². The van der Waals surface area contributed by atoms with E-state index in [1.54, 1.807) is 0 Å². The van der Waals surface area contributed by atoms with Gasteiger partial charge in [-0.25, -0.2) is 4.98 Å². The van der Waals surface area contributed by atoms with Gasteiger partial charge in [0.05, 0.1) is 11.2 Å². The summed E-state index contributed by atoms with van der Waals surface area (Å²) >= 11 is 1.90. The van der Waals surface area contributed by atoms with Gasteiger partial charge in [0, 0.05) is 30.9 Å². The molecule has 0 bridgehead atoms. The van der Waals surface area contributed by atoms with Crippen LogP contribution in [0.15, 0.2) is 0 Å². The quantitative estimate of drug-likeness (QED) is 0.866. The Balaban J connectivity index is 1.76. The first-order valence-corrected chi connectivity index (χ1v) is 9.39. The number of fused-ring (bicyclic) bond motifs is 1. The van der Waals surface area contributed by atoms with E-state index >= 15 is 0 Å². The van der Waals surface area contributed by atoms with E-state index in [9.17, 15) is 0 Å². The normalized spacial score (nSPS) is 23.0. The maximum atomic E-state index is 6.74. The van der Waals surface area contributed by atoms with Crippen LogP contribution in [0.5, 0.6) is 0 Å². The molecular formula is C17H29N3S. The molecule has 0 aromatic carbocycles. The number of hydrogen-bond acceptors (Lipinski definition) is 4. The van der Waals surface area contributed by atoms with Gasteiger partial charge >= 0.3 is 0 Å². The lowest BCUT2D eigenvalue weighted by atomic mass is 9.92. The van der Waals surface area contributed by atoms with Crippen LogP contribution in [0.3, 0.4) is 0 Å². The second-order valence-corrected chi connectivity index (χ2v) is 8.42. The van der Waals surface area contributed by atoms with Crippen molar-refractivity contribution < 1.29 is 0 Å². The highest BCUT2D eigenvalue weighted by atomic mass is 32.1. The van der Waals surface area contributed by atoms with Gasteiger partial charge in [-0.15, -0.1) is 11.3 Å². The molecule has 1 saturated carbocycles. The molecule has 1 aromatic heterocycles. The fourth-order valence-electron chi connectivity index (χ4n) is 3.71. The molecule has 3 rings (SSSR count). The molecule has 1 aliphatic heterocycles. The van der Waals surface area contributed by atoms with E-state index in [1.807, 2.05) is 11.3 Å². The summed E-state index contributed by atoms with van der Waals surface area (Å²) in [4.78, 5) is 9.02. The predicted octanol–water partition coefficient (Wildman–Crippen LogP) is 3.67. The Morgan fingerprint density at radius 2 is 1.95 bits per heavy atom. The Morgan fingerprint density at radius 3 is 2.62 bits per heavy atom. The SMILES string of the molecule is CC(C)CN1CCc2nc(C3(N)CCCCCC3)sc2C1. The van der Waals surface area contributed by atoms with E-state index in [0.717, 1.165) is 38.3 Å². The number of rotatable bonds is 3. The lowest BCUT2D eigenvalue weighted by molar-refractivity contribution is 0.228. The molecular weight excluding hydrogens is 278 g/mol. The van der Waals surface area contributed by atoms with E-state index in [-0.39, 0.29) is 5.54 Å². The minimum absolute atomic E-state index is 0.138. The van der Waals surface area contributed by atoms with Crippen LogP contribution in [0.2, 0.25) is 0 Å². The zero-order valence-electron chi connectivity index (χ0n) is 13.5. The Labute approximate surface area is 132 Å². The predicted molar refractivity (Wildman–Crippen MR) is 89.5 cm³/mol. The first kappa shape index (κ1) is 15.4. The summed E-state index contributed by atoms with van der Waals surface area (Å²) in [6.45, 7) is 8.04. The van der Waals surface area contributed by atoms with E-state index in [4.69, 9.17) is 10.7 Å². The number of nitrogens with two attached hydrogens (primary N) is 1. The Kier molecular flexibility index (Phi) is 4.67. The van der Waals surface area contributed by atoms with E-state index < -0.39 is 0 Å². The molecule has 2 N–H and O–H groups in total. The topological polar surface area (TPSA) is 42.2 Å². The van der Waals surface area contributed by atoms with Crippen molar-refractivity contribution in [3.8, 4) is 0 Å². The Bertz CT molecular complexity index is 472. The lowest BCUT2D eigenvalue weighted by Gasteiger charge is -2.27. The van der Waals surface area contributed by atoms with Crippen LogP contribution in [0.25, 0.3) is 0 Å². The van der Waals surface area contributed by atoms with Gasteiger partial charge in [-0.3, -0.25) is 4.90 Å². The van der Waals surface area contributed by atoms with Crippen LogP contribution >= 0.6 is 11.3 Å². The fourth-order valence-corrected chi connectivity index (χ4v) is 5.02. The smallest absolute Gasteiger partial charge is 0.113 e. The van der Waals surface area contributed by atoms with Gasteiger partial charge in [0.2, 0.25) is 0 Å². The Morgan fingerprint density at radius 1 is 1.24 bits per heavy atom. The molecule has 21 heavy (non-hydrogen) atoms. The minimum atomic E-state index is -0.138. The van der Waals surface area contributed by atoms with Crippen molar-refractivity contribution in [2.45, 2.75) is 70.9 Å². The van der Waals surface area contributed by atoms with Crippen molar-refractivity contribution in [3.63, 3.8) is 0 Å². The van der Waals surface area contributed by atoms with Crippen molar-refractivity contribution in [2.24, 2.45) is 11.7 Å². The maximum absolute atomic E-state index is 6.74. The van der Waals surface area contributed by atoms with Crippen LogP contribution in [-0.4, -0.2) is 23.0 Å².